The number of H-pyrrole nitrogens is 1. The minimum atomic E-state index is -0.673. The number of aromatic amines is 1. The van der Waals surface area contributed by atoms with Crippen LogP contribution < -0.4 is 0 Å². The van der Waals surface area contributed by atoms with Gasteiger partial charge < -0.3 is 10.1 Å². The summed E-state index contributed by atoms with van der Waals surface area (Å²) in [6.07, 6.45) is 1.57. The van der Waals surface area contributed by atoms with Gasteiger partial charge in [-0.15, -0.1) is 0 Å². The van der Waals surface area contributed by atoms with Crippen LogP contribution >= 0.6 is 0 Å². The Morgan fingerprint density at radius 3 is 2.94 bits per heavy atom. The Morgan fingerprint density at radius 2 is 2.18 bits per heavy atom. The van der Waals surface area contributed by atoms with Gasteiger partial charge in [-0.05, 0) is 30.4 Å². The molecule has 2 N–H and O–H groups in total. The minimum absolute atomic E-state index is 0.0902. The molecule has 2 atom stereocenters. The maximum Gasteiger partial charge on any atom is 0.307 e. The summed E-state index contributed by atoms with van der Waals surface area (Å²) >= 11 is 0. The quantitative estimate of drug-likeness (QED) is 0.790. The highest BCUT2D eigenvalue weighted by atomic mass is 16.4. The lowest BCUT2D eigenvalue weighted by atomic mass is 9.78. The number of carboxylic acid groups (broad SMARTS) is 1. The zero-order valence-electron chi connectivity index (χ0n) is 9.73. The fourth-order valence-electron chi connectivity index (χ4n) is 3.03. The van der Waals surface area contributed by atoms with Crippen molar-refractivity contribution in [3.63, 3.8) is 0 Å². The standard InChI is InChI=1S/C14H15NO2/c1-8-9(14(16)17)6-7-12-13(8)10-4-2-3-5-11(10)15-12/h2-5,8-9,15H,6-7H2,1H3,(H,16,17)/t8-,9-/m1/s1. The summed E-state index contributed by atoms with van der Waals surface area (Å²) in [4.78, 5) is 14.6. The zero-order valence-corrected chi connectivity index (χ0v) is 9.73. The third kappa shape index (κ3) is 1.46. The normalized spacial score (nSPS) is 23.6. The Bertz CT molecular complexity index is 585. The molecular formula is C14H15NO2. The topological polar surface area (TPSA) is 53.1 Å². The van der Waals surface area contributed by atoms with E-state index in [9.17, 15) is 9.90 Å². The number of aliphatic carboxylic acids is 1. The molecule has 1 aromatic carbocycles. The van der Waals surface area contributed by atoms with Crippen molar-refractivity contribution < 1.29 is 9.90 Å². The zero-order chi connectivity index (χ0) is 12.0. The van der Waals surface area contributed by atoms with E-state index < -0.39 is 5.97 Å². The summed E-state index contributed by atoms with van der Waals surface area (Å²) in [6, 6.07) is 8.14. The molecule has 1 aliphatic carbocycles. The van der Waals surface area contributed by atoms with E-state index in [2.05, 4.69) is 17.1 Å². The Balaban J connectivity index is 2.19. The molecule has 0 fully saturated rings. The van der Waals surface area contributed by atoms with E-state index in [0.29, 0.717) is 0 Å². The molecule has 0 spiro atoms. The van der Waals surface area contributed by atoms with Gasteiger partial charge in [0, 0.05) is 16.6 Å². The van der Waals surface area contributed by atoms with Gasteiger partial charge in [0.25, 0.3) is 0 Å². The van der Waals surface area contributed by atoms with Crippen molar-refractivity contribution in [3.05, 3.63) is 35.5 Å². The van der Waals surface area contributed by atoms with Crippen LogP contribution in [0.5, 0.6) is 0 Å². The van der Waals surface area contributed by atoms with Gasteiger partial charge in [0.1, 0.15) is 0 Å². The maximum absolute atomic E-state index is 11.2. The van der Waals surface area contributed by atoms with Gasteiger partial charge in [-0.1, -0.05) is 25.1 Å². The second-order valence-corrected chi connectivity index (χ2v) is 4.83. The lowest BCUT2D eigenvalue weighted by Crippen LogP contribution is -2.25. The number of benzene rings is 1. The molecule has 0 saturated heterocycles. The Hall–Kier alpha value is -1.77. The highest BCUT2D eigenvalue weighted by Gasteiger charge is 2.33. The molecule has 2 aromatic rings. The number of hydrogen-bond acceptors (Lipinski definition) is 1. The van der Waals surface area contributed by atoms with E-state index in [4.69, 9.17) is 0 Å². The van der Waals surface area contributed by atoms with Crippen LogP contribution in [0.25, 0.3) is 10.9 Å². The first-order valence-corrected chi connectivity index (χ1v) is 6.00. The fraction of sp³-hybridized carbons (Fsp3) is 0.357. The fourth-order valence-corrected chi connectivity index (χ4v) is 3.03. The van der Waals surface area contributed by atoms with Crippen LogP contribution in [-0.4, -0.2) is 16.1 Å². The molecule has 0 saturated carbocycles. The molecule has 0 bridgehead atoms. The second-order valence-electron chi connectivity index (χ2n) is 4.83. The van der Waals surface area contributed by atoms with Gasteiger partial charge in [-0.2, -0.15) is 0 Å². The smallest absolute Gasteiger partial charge is 0.307 e. The van der Waals surface area contributed by atoms with Crippen LogP contribution in [-0.2, 0) is 11.2 Å². The van der Waals surface area contributed by atoms with Crippen LogP contribution in [0.3, 0.4) is 0 Å². The molecule has 1 aromatic heterocycles. The summed E-state index contributed by atoms with van der Waals surface area (Å²) in [5.41, 5.74) is 3.55. The molecule has 3 heteroatoms. The van der Waals surface area contributed by atoms with E-state index in [1.165, 1.54) is 16.6 Å². The van der Waals surface area contributed by atoms with Crippen molar-refractivity contribution in [2.45, 2.75) is 25.7 Å². The van der Waals surface area contributed by atoms with Crippen molar-refractivity contribution >= 4 is 16.9 Å². The Kier molecular flexibility index (Phi) is 2.21. The average Bonchev–Trinajstić information content (AvgIpc) is 2.67. The van der Waals surface area contributed by atoms with E-state index in [0.717, 1.165) is 18.4 Å². The number of para-hydroxylation sites is 1. The maximum atomic E-state index is 11.2. The summed E-state index contributed by atoms with van der Waals surface area (Å²) in [7, 11) is 0. The molecular weight excluding hydrogens is 214 g/mol. The molecule has 0 radical (unpaired) electrons. The van der Waals surface area contributed by atoms with Crippen molar-refractivity contribution in [2.75, 3.05) is 0 Å². The molecule has 0 unspecified atom stereocenters. The first kappa shape index (κ1) is 10.4. The summed E-state index contributed by atoms with van der Waals surface area (Å²) < 4.78 is 0. The lowest BCUT2D eigenvalue weighted by molar-refractivity contribution is -0.142. The van der Waals surface area contributed by atoms with Gasteiger partial charge in [-0.3, -0.25) is 4.79 Å². The van der Waals surface area contributed by atoms with Gasteiger partial charge >= 0.3 is 5.97 Å². The molecule has 17 heavy (non-hydrogen) atoms. The van der Waals surface area contributed by atoms with E-state index >= 15 is 0 Å². The van der Waals surface area contributed by atoms with Crippen LogP contribution in [0.2, 0.25) is 0 Å². The number of hydrogen-bond donors (Lipinski definition) is 2. The largest absolute Gasteiger partial charge is 0.481 e. The summed E-state index contributed by atoms with van der Waals surface area (Å²) in [5, 5.41) is 10.4. The van der Waals surface area contributed by atoms with Crippen molar-refractivity contribution in [2.24, 2.45) is 5.92 Å². The van der Waals surface area contributed by atoms with Gasteiger partial charge in [0.2, 0.25) is 0 Å². The lowest BCUT2D eigenvalue weighted by Gasteiger charge is -2.26. The highest BCUT2D eigenvalue weighted by molar-refractivity contribution is 5.86. The number of aryl methyl sites for hydroxylation is 1. The first-order chi connectivity index (χ1) is 8.18. The Labute approximate surface area is 99.5 Å². The predicted molar refractivity (Wildman–Crippen MR) is 66.2 cm³/mol. The van der Waals surface area contributed by atoms with Crippen LogP contribution in [0.15, 0.2) is 24.3 Å². The van der Waals surface area contributed by atoms with Gasteiger partial charge in [-0.25, -0.2) is 0 Å². The molecule has 0 aliphatic heterocycles. The Morgan fingerprint density at radius 1 is 1.41 bits per heavy atom. The molecule has 0 amide bonds. The number of rotatable bonds is 1. The first-order valence-electron chi connectivity index (χ1n) is 6.00. The molecule has 88 valence electrons. The van der Waals surface area contributed by atoms with E-state index in [1.54, 1.807) is 0 Å². The monoisotopic (exact) mass is 229 g/mol. The van der Waals surface area contributed by atoms with Gasteiger partial charge in [0.05, 0.1) is 5.92 Å². The van der Waals surface area contributed by atoms with Crippen LogP contribution in [0, 0.1) is 5.92 Å². The number of carbonyl (C=O) groups is 1. The van der Waals surface area contributed by atoms with Crippen molar-refractivity contribution in [1.29, 1.82) is 0 Å². The number of aromatic nitrogens is 1. The van der Waals surface area contributed by atoms with Crippen molar-refractivity contribution in [3.8, 4) is 0 Å². The minimum Gasteiger partial charge on any atom is -0.481 e. The molecule has 3 nitrogen and oxygen atoms in total. The summed E-state index contributed by atoms with van der Waals surface area (Å²) in [6.45, 7) is 2.02. The van der Waals surface area contributed by atoms with E-state index in [-0.39, 0.29) is 11.8 Å². The van der Waals surface area contributed by atoms with Crippen molar-refractivity contribution in [1.82, 2.24) is 4.98 Å². The number of carboxylic acids is 1. The predicted octanol–water partition coefficient (Wildman–Crippen LogP) is 2.92. The second kappa shape index (κ2) is 3.62. The molecule has 1 heterocycles. The van der Waals surface area contributed by atoms with Crippen LogP contribution in [0.4, 0.5) is 0 Å². The number of fused-ring (bicyclic) bond motifs is 3. The highest BCUT2D eigenvalue weighted by Crippen LogP contribution is 2.40. The molecule has 1 aliphatic rings. The SMILES string of the molecule is C[C@H]1c2c([nH]c3ccccc23)CC[C@H]1C(=O)O. The van der Waals surface area contributed by atoms with Crippen LogP contribution in [0.1, 0.15) is 30.5 Å². The van der Waals surface area contributed by atoms with Gasteiger partial charge in [0.15, 0.2) is 0 Å². The third-order valence-electron chi connectivity index (χ3n) is 3.91. The third-order valence-corrected chi connectivity index (χ3v) is 3.91. The number of nitrogens with one attached hydrogen (secondary N) is 1. The average molecular weight is 229 g/mol. The summed E-state index contributed by atoms with van der Waals surface area (Å²) in [5.74, 6) is -0.831. The molecule has 3 rings (SSSR count). The van der Waals surface area contributed by atoms with E-state index in [1.807, 2.05) is 19.1 Å².